The Balaban J connectivity index is 2.97. The summed E-state index contributed by atoms with van der Waals surface area (Å²) >= 11 is 6.90. The minimum Gasteiger partial charge on any atom is -0.207 e. The van der Waals surface area contributed by atoms with Gasteiger partial charge in [-0.05, 0) is 42.0 Å². The van der Waals surface area contributed by atoms with E-state index in [1.807, 2.05) is 0 Å². The average Bonchev–Trinajstić information content (AvgIpc) is 2.31. The van der Waals surface area contributed by atoms with Crippen molar-refractivity contribution in [3.8, 4) is 0 Å². The van der Waals surface area contributed by atoms with Crippen molar-refractivity contribution in [1.29, 1.82) is 0 Å². The summed E-state index contributed by atoms with van der Waals surface area (Å²) in [6.45, 7) is 2.06. The van der Waals surface area contributed by atoms with E-state index in [-0.39, 0.29) is 17.0 Å². The van der Waals surface area contributed by atoms with Gasteiger partial charge in [-0.1, -0.05) is 38.8 Å². The minimum absolute atomic E-state index is 0.0609. The molecule has 90 valence electrons. The fraction of sp³-hybridized carbons (Fsp3) is 0.500. The summed E-state index contributed by atoms with van der Waals surface area (Å²) in [6.07, 6.45) is 1.43. The van der Waals surface area contributed by atoms with Crippen molar-refractivity contribution >= 4 is 31.9 Å². The Labute approximate surface area is 112 Å². The molecule has 0 bridgehead atoms. The molecule has 0 radical (unpaired) electrons. The zero-order chi connectivity index (χ0) is 12.2. The monoisotopic (exact) mass is 354 g/mol. The number of hydrogen-bond acceptors (Lipinski definition) is 0. The Morgan fingerprint density at radius 2 is 1.81 bits per heavy atom. The van der Waals surface area contributed by atoms with Crippen molar-refractivity contribution in [3.63, 3.8) is 0 Å². The van der Waals surface area contributed by atoms with Crippen molar-refractivity contribution in [2.75, 3.05) is 10.7 Å². The SMILES string of the molecule is CCC(CBr)(CBr)Cc1cc(F)ccc1F. The van der Waals surface area contributed by atoms with Gasteiger partial charge in [0.1, 0.15) is 11.6 Å². The minimum atomic E-state index is -0.384. The van der Waals surface area contributed by atoms with Gasteiger partial charge in [0.2, 0.25) is 0 Å². The van der Waals surface area contributed by atoms with Gasteiger partial charge >= 0.3 is 0 Å². The number of rotatable bonds is 5. The lowest BCUT2D eigenvalue weighted by Gasteiger charge is -2.28. The molecule has 0 aliphatic rings. The molecule has 1 aromatic carbocycles. The van der Waals surface area contributed by atoms with Crippen molar-refractivity contribution in [2.24, 2.45) is 5.41 Å². The van der Waals surface area contributed by atoms with E-state index in [0.29, 0.717) is 12.0 Å². The van der Waals surface area contributed by atoms with Crippen LogP contribution in [0.4, 0.5) is 8.78 Å². The van der Waals surface area contributed by atoms with Crippen molar-refractivity contribution in [2.45, 2.75) is 19.8 Å². The maximum atomic E-state index is 13.5. The highest BCUT2D eigenvalue weighted by atomic mass is 79.9. The fourth-order valence-electron chi connectivity index (χ4n) is 1.53. The first-order valence-electron chi connectivity index (χ1n) is 5.13. The molecule has 1 aromatic rings. The zero-order valence-electron chi connectivity index (χ0n) is 9.07. The quantitative estimate of drug-likeness (QED) is 0.672. The topological polar surface area (TPSA) is 0 Å². The number of hydrogen-bond donors (Lipinski definition) is 0. The summed E-state index contributed by atoms with van der Waals surface area (Å²) in [4.78, 5) is 0. The predicted octanol–water partition coefficient (Wildman–Crippen LogP) is 4.69. The molecular formula is C12H14Br2F2. The smallest absolute Gasteiger partial charge is 0.126 e. The molecule has 0 aromatic heterocycles. The Kier molecular flexibility index (Phi) is 5.38. The van der Waals surface area contributed by atoms with Crippen LogP contribution in [0.15, 0.2) is 18.2 Å². The molecule has 0 atom stereocenters. The van der Waals surface area contributed by atoms with Crippen LogP contribution < -0.4 is 0 Å². The number of benzene rings is 1. The lowest BCUT2D eigenvalue weighted by Crippen LogP contribution is -2.27. The zero-order valence-corrected chi connectivity index (χ0v) is 12.2. The fourth-order valence-corrected chi connectivity index (χ4v) is 3.65. The third kappa shape index (κ3) is 3.27. The van der Waals surface area contributed by atoms with Gasteiger partial charge in [0.25, 0.3) is 0 Å². The second-order valence-electron chi connectivity index (χ2n) is 4.03. The molecule has 0 heterocycles. The second kappa shape index (κ2) is 6.10. The molecule has 0 aliphatic heterocycles. The van der Waals surface area contributed by atoms with E-state index < -0.39 is 0 Å². The van der Waals surface area contributed by atoms with E-state index in [2.05, 4.69) is 38.8 Å². The lowest BCUT2D eigenvalue weighted by molar-refractivity contribution is 0.366. The normalized spacial score (nSPS) is 11.8. The molecule has 0 aliphatic carbocycles. The maximum absolute atomic E-state index is 13.5. The third-order valence-corrected chi connectivity index (χ3v) is 5.27. The van der Waals surface area contributed by atoms with Gasteiger partial charge in [0, 0.05) is 10.7 Å². The van der Waals surface area contributed by atoms with Gasteiger partial charge in [-0.2, -0.15) is 0 Å². The molecule has 0 amide bonds. The van der Waals surface area contributed by atoms with Gasteiger partial charge in [-0.3, -0.25) is 0 Å². The summed E-state index contributed by atoms with van der Waals surface area (Å²) < 4.78 is 26.6. The molecule has 0 N–H and O–H groups in total. The van der Waals surface area contributed by atoms with Crippen LogP contribution in [0.3, 0.4) is 0 Å². The van der Waals surface area contributed by atoms with Crippen LogP contribution >= 0.6 is 31.9 Å². The van der Waals surface area contributed by atoms with Crippen LogP contribution in [0.2, 0.25) is 0 Å². The van der Waals surface area contributed by atoms with E-state index in [1.54, 1.807) is 0 Å². The van der Waals surface area contributed by atoms with Crippen LogP contribution in [0.5, 0.6) is 0 Å². The van der Waals surface area contributed by atoms with Crippen molar-refractivity contribution in [1.82, 2.24) is 0 Å². The molecule has 0 spiro atoms. The summed E-state index contributed by atoms with van der Waals surface area (Å²) in [5.41, 5.74) is 0.384. The summed E-state index contributed by atoms with van der Waals surface area (Å²) in [6, 6.07) is 3.62. The van der Waals surface area contributed by atoms with Crippen LogP contribution in [0, 0.1) is 17.0 Å². The Morgan fingerprint density at radius 1 is 1.19 bits per heavy atom. The summed E-state index contributed by atoms with van der Waals surface area (Å²) in [5.74, 6) is -0.716. The first kappa shape index (κ1) is 14.1. The van der Waals surface area contributed by atoms with Crippen molar-refractivity contribution in [3.05, 3.63) is 35.4 Å². The van der Waals surface area contributed by atoms with E-state index >= 15 is 0 Å². The molecule has 0 saturated carbocycles. The lowest BCUT2D eigenvalue weighted by atomic mass is 9.83. The van der Waals surface area contributed by atoms with Crippen LogP contribution in [-0.4, -0.2) is 10.7 Å². The summed E-state index contributed by atoms with van der Waals surface area (Å²) in [5, 5.41) is 1.52. The number of alkyl halides is 2. The van der Waals surface area contributed by atoms with E-state index in [1.165, 1.54) is 12.1 Å². The van der Waals surface area contributed by atoms with E-state index in [0.717, 1.165) is 23.1 Å². The highest BCUT2D eigenvalue weighted by molar-refractivity contribution is 9.09. The van der Waals surface area contributed by atoms with Crippen LogP contribution in [0.1, 0.15) is 18.9 Å². The highest BCUT2D eigenvalue weighted by Crippen LogP contribution is 2.32. The maximum Gasteiger partial charge on any atom is 0.126 e. The Bertz CT molecular complexity index is 341. The highest BCUT2D eigenvalue weighted by Gasteiger charge is 2.27. The number of halogens is 4. The van der Waals surface area contributed by atoms with Gasteiger partial charge in [0.05, 0.1) is 0 Å². The predicted molar refractivity (Wildman–Crippen MR) is 70.4 cm³/mol. The van der Waals surface area contributed by atoms with Gasteiger partial charge < -0.3 is 0 Å². The molecule has 16 heavy (non-hydrogen) atoms. The van der Waals surface area contributed by atoms with Gasteiger partial charge in [-0.15, -0.1) is 0 Å². The molecule has 4 heteroatoms. The molecule has 0 nitrogen and oxygen atoms in total. The molecule has 0 fully saturated rings. The van der Waals surface area contributed by atoms with E-state index in [4.69, 9.17) is 0 Å². The largest absolute Gasteiger partial charge is 0.207 e. The Hall–Kier alpha value is 0.0400. The standard InChI is InChI=1S/C12H14Br2F2/c1-2-12(7-13,8-14)6-9-5-10(15)3-4-11(9)16/h3-5H,2,6-8H2,1H3. The van der Waals surface area contributed by atoms with Crippen LogP contribution in [0.25, 0.3) is 0 Å². The molecular weight excluding hydrogens is 342 g/mol. The molecule has 1 rings (SSSR count). The first-order valence-corrected chi connectivity index (χ1v) is 7.37. The summed E-state index contributed by atoms with van der Waals surface area (Å²) in [7, 11) is 0. The van der Waals surface area contributed by atoms with Gasteiger partial charge in [-0.25, -0.2) is 8.78 Å². The Morgan fingerprint density at radius 3 is 2.31 bits per heavy atom. The molecule has 0 unspecified atom stereocenters. The van der Waals surface area contributed by atoms with E-state index in [9.17, 15) is 8.78 Å². The molecule has 0 saturated heterocycles. The average molecular weight is 356 g/mol. The second-order valence-corrected chi connectivity index (χ2v) is 5.15. The van der Waals surface area contributed by atoms with Gasteiger partial charge in [0.15, 0.2) is 0 Å². The third-order valence-electron chi connectivity index (χ3n) is 2.89. The van der Waals surface area contributed by atoms with Crippen LogP contribution in [-0.2, 0) is 6.42 Å². The van der Waals surface area contributed by atoms with Crippen molar-refractivity contribution < 1.29 is 8.78 Å². The first-order chi connectivity index (χ1) is 7.56.